The number of amides is 1. The topological polar surface area (TPSA) is 62.6 Å². The van der Waals surface area contributed by atoms with Crippen molar-refractivity contribution in [2.24, 2.45) is 13.0 Å². The molecule has 2 aromatic rings. The number of nitrogens with zero attached hydrogens (tertiary/aromatic N) is 3. The smallest absolute Gasteiger partial charge is 0.257 e. The van der Waals surface area contributed by atoms with Gasteiger partial charge in [-0.1, -0.05) is 43.2 Å². The van der Waals surface area contributed by atoms with E-state index < -0.39 is 10.0 Å². The normalized spacial score (nSPS) is 18.9. The van der Waals surface area contributed by atoms with Crippen LogP contribution in [0.15, 0.2) is 35.2 Å². The lowest BCUT2D eigenvalue weighted by atomic mass is 9.91. The molecule has 1 aromatic heterocycles. The van der Waals surface area contributed by atoms with Crippen molar-refractivity contribution in [2.75, 3.05) is 26.2 Å². The van der Waals surface area contributed by atoms with Gasteiger partial charge < -0.3 is 9.47 Å². The van der Waals surface area contributed by atoms with Gasteiger partial charge in [0.05, 0.1) is 5.56 Å². The van der Waals surface area contributed by atoms with E-state index >= 15 is 0 Å². The molecule has 0 N–H and O–H groups in total. The Morgan fingerprint density at radius 1 is 0.909 bits per heavy atom. The van der Waals surface area contributed by atoms with E-state index in [4.69, 9.17) is 0 Å². The summed E-state index contributed by atoms with van der Waals surface area (Å²) in [7, 11) is -1.89. The zero-order valence-corrected chi connectivity index (χ0v) is 21.0. The summed E-state index contributed by atoms with van der Waals surface area (Å²) in [5, 5.41) is 0. The van der Waals surface area contributed by atoms with Crippen molar-refractivity contribution in [1.29, 1.82) is 0 Å². The molecule has 1 amide bonds. The summed E-state index contributed by atoms with van der Waals surface area (Å²) in [6, 6.07) is 10.4. The minimum atomic E-state index is -3.75. The van der Waals surface area contributed by atoms with E-state index in [9.17, 15) is 13.2 Å². The standard InChI is InChI=1S/C26H37N3O3S/c1-20-24(26(30)28-15-9-4-5-10-16-28)25(21(2)27(20)3)33(31,32)29-17-13-23(14-18-29)19-22-11-7-6-8-12-22/h6-8,11-12,23H,4-5,9-10,13-19H2,1-3H3. The van der Waals surface area contributed by atoms with Crippen LogP contribution >= 0.6 is 0 Å². The van der Waals surface area contributed by atoms with Gasteiger partial charge in [-0.25, -0.2) is 8.42 Å². The van der Waals surface area contributed by atoms with Crippen molar-refractivity contribution < 1.29 is 13.2 Å². The van der Waals surface area contributed by atoms with Crippen LogP contribution < -0.4 is 0 Å². The van der Waals surface area contributed by atoms with Crippen LogP contribution in [0.2, 0.25) is 0 Å². The average Bonchev–Trinajstić information content (AvgIpc) is 3.00. The molecule has 0 aliphatic carbocycles. The first-order valence-electron chi connectivity index (χ1n) is 12.3. The maximum Gasteiger partial charge on any atom is 0.257 e. The molecule has 2 aliphatic rings. The van der Waals surface area contributed by atoms with Crippen molar-refractivity contribution in [2.45, 2.75) is 63.7 Å². The summed E-state index contributed by atoms with van der Waals surface area (Å²) >= 11 is 0. The van der Waals surface area contributed by atoms with Gasteiger partial charge in [0.15, 0.2) is 0 Å². The van der Waals surface area contributed by atoms with E-state index in [2.05, 4.69) is 24.3 Å². The van der Waals surface area contributed by atoms with Gasteiger partial charge >= 0.3 is 0 Å². The molecule has 0 saturated carbocycles. The van der Waals surface area contributed by atoms with Crippen LogP contribution in [-0.4, -0.2) is 54.3 Å². The Hall–Kier alpha value is -2.12. The Bertz CT molecular complexity index is 1080. The third-order valence-corrected chi connectivity index (χ3v) is 9.63. The number of sulfonamides is 1. The van der Waals surface area contributed by atoms with E-state index in [1.165, 1.54) is 5.56 Å². The number of hydrogen-bond donors (Lipinski definition) is 0. The van der Waals surface area contributed by atoms with Gasteiger partial charge in [0.2, 0.25) is 10.0 Å². The van der Waals surface area contributed by atoms with E-state index in [-0.39, 0.29) is 10.8 Å². The first kappa shape index (κ1) is 24.0. The average molecular weight is 472 g/mol. The van der Waals surface area contributed by atoms with Crippen LogP contribution in [0.25, 0.3) is 0 Å². The lowest BCUT2D eigenvalue weighted by Gasteiger charge is -2.32. The van der Waals surface area contributed by atoms with Gasteiger partial charge in [0.1, 0.15) is 4.90 Å². The number of likely N-dealkylation sites (tertiary alicyclic amines) is 1. The minimum absolute atomic E-state index is 0.129. The SMILES string of the molecule is Cc1c(C(=O)N2CCCCCC2)c(S(=O)(=O)N2CCC(Cc3ccccc3)CC2)c(C)n1C. The molecule has 33 heavy (non-hydrogen) atoms. The summed E-state index contributed by atoms with van der Waals surface area (Å²) in [6.07, 6.45) is 6.88. The summed E-state index contributed by atoms with van der Waals surface area (Å²) in [6.45, 7) is 6.10. The lowest BCUT2D eigenvalue weighted by molar-refractivity contribution is 0.0757. The van der Waals surface area contributed by atoms with Crippen molar-refractivity contribution in [3.8, 4) is 0 Å². The number of piperidine rings is 1. The molecule has 0 bridgehead atoms. The maximum absolute atomic E-state index is 13.9. The number of rotatable bonds is 5. The molecule has 6 nitrogen and oxygen atoms in total. The number of hydrogen-bond acceptors (Lipinski definition) is 3. The molecule has 1 aromatic carbocycles. The highest BCUT2D eigenvalue weighted by Crippen LogP contribution is 2.33. The highest BCUT2D eigenvalue weighted by atomic mass is 32.2. The van der Waals surface area contributed by atoms with Crippen molar-refractivity contribution in [3.63, 3.8) is 0 Å². The summed E-state index contributed by atoms with van der Waals surface area (Å²) < 4.78 is 31.2. The molecule has 0 spiro atoms. The first-order chi connectivity index (χ1) is 15.8. The zero-order valence-electron chi connectivity index (χ0n) is 20.2. The third-order valence-electron chi connectivity index (χ3n) is 7.57. The van der Waals surface area contributed by atoms with Crippen LogP contribution in [0.3, 0.4) is 0 Å². The predicted molar refractivity (Wildman–Crippen MR) is 131 cm³/mol. The van der Waals surface area contributed by atoms with Crippen molar-refractivity contribution >= 4 is 15.9 Å². The largest absolute Gasteiger partial charge is 0.350 e. The highest BCUT2D eigenvalue weighted by molar-refractivity contribution is 7.89. The zero-order chi connectivity index (χ0) is 23.6. The van der Waals surface area contributed by atoms with E-state index in [0.717, 1.165) is 50.6 Å². The molecule has 2 aliphatic heterocycles. The van der Waals surface area contributed by atoms with Gasteiger partial charge in [0.25, 0.3) is 5.91 Å². The van der Waals surface area contributed by atoms with Gasteiger partial charge in [-0.2, -0.15) is 4.31 Å². The summed E-state index contributed by atoms with van der Waals surface area (Å²) in [5.74, 6) is 0.353. The molecule has 2 saturated heterocycles. The third kappa shape index (κ3) is 4.90. The summed E-state index contributed by atoms with van der Waals surface area (Å²) in [4.78, 5) is 15.7. The van der Waals surface area contributed by atoms with E-state index in [0.29, 0.717) is 43.4 Å². The predicted octanol–water partition coefficient (Wildman–Crippen LogP) is 4.30. The Morgan fingerprint density at radius 3 is 2.12 bits per heavy atom. The van der Waals surface area contributed by atoms with Crippen molar-refractivity contribution in [1.82, 2.24) is 13.8 Å². The van der Waals surface area contributed by atoms with Gasteiger partial charge in [-0.05, 0) is 57.4 Å². The molecule has 0 unspecified atom stereocenters. The second-order valence-electron chi connectivity index (χ2n) is 9.68. The monoisotopic (exact) mass is 471 g/mol. The molecular formula is C26H37N3O3S. The molecule has 0 atom stereocenters. The fraction of sp³-hybridized carbons (Fsp3) is 0.577. The molecule has 180 valence electrons. The van der Waals surface area contributed by atoms with E-state index in [1.807, 2.05) is 36.4 Å². The van der Waals surface area contributed by atoms with Gasteiger partial charge in [0, 0.05) is 44.6 Å². The molecule has 4 rings (SSSR count). The summed E-state index contributed by atoms with van der Waals surface area (Å²) in [5.41, 5.74) is 3.07. The van der Waals surface area contributed by atoms with Gasteiger partial charge in [-0.15, -0.1) is 0 Å². The highest BCUT2D eigenvalue weighted by Gasteiger charge is 2.37. The van der Waals surface area contributed by atoms with Crippen molar-refractivity contribution in [3.05, 3.63) is 52.8 Å². The number of benzene rings is 1. The lowest BCUT2D eigenvalue weighted by Crippen LogP contribution is -2.40. The molecular weight excluding hydrogens is 434 g/mol. The van der Waals surface area contributed by atoms with Crippen LogP contribution in [0.1, 0.15) is 65.8 Å². The molecule has 2 fully saturated rings. The van der Waals surface area contributed by atoms with Crippen LogP contribution in [0, 0.1) is 19.8 Å². The second kappa shape index (κ2) is 10.0. The fourth-order valence-corrected chi connectivity index (χ4v) is 7.30. The Balaban J connectivity index is 1.56. The number of carbonyl (C=O) groups excluding carboxylic acids is 1. The van der Waals surface area contributed by atoms with E-state index in [1.54, 1.807) is 4.31 Å². The number of carbonyl (C=O) groups is 1. The fourth-order valence-electron chi connectivity index (χ4n) is 5.35. The molecule has 7 heteroatoms. The first-order valence-corrected chi connectivity index (χ1v) is 13.7. The Labute approximate surface area is 198 Å². The molecule has 3 heterocycles. The Kier molecular flexibility index (Phi) is 7.29. The van der Waals surface area contributed by atoms with Crippen LogP contribution in [0.5, 0.6) is 0 Å². The second-order valence-corrected chi connectivity index (χ2v) is 11.6. The van der Waals surface area contributed by atoms with Crippen LogP contribution in [0.4, 0.5) is 0 Å². The van der Waals surface area contributed by atoms with Crippen LogP contribution in [-0.2, 0) is 23.5 Å². The number of aromatic nitrogens is 1. The van der Waals surface area contributed by atoms with Gasteiger partial charge in [-0.3, -0.25) is 4.79 Å². The molecule has 0 radical (unpaired) electrons. The Morgan fingerprint density at radius 2 is 1.52 bits per heavy atom. The minimum Gasteiger partial charge on any atom is -0.350 e. The maximum atomic E-state index is 13.9. The quantitative estimate of drug-likeness (QED) is 0.653.